The summed E-state index contributed by atoms with van der Waals surface area (Å²) in [5.41, 5.74) is -1.97. The highest BCUT2D eigenvalue weighted by atomic mass is 35.6. The first kappa shape index (κ1) is 23.7. The second kappa shape index (κ2) is 7.30. The molecule has 29 heavy (non-hydrogen) atoms. The third-order valence-corrected chi connectivity index (χ3v) is 7.22. The van der Waals surface area contributed by atoms with Gasteiger partial charge in [0.15, 0.2) is 14.1 Å². The Morgan fingerprint density at radius 3 is 2.28 bits per heavy atom. The van der Waals surface area contributed by atoms with E-state index in [-0.39, 0.29) is 19.1 Å². The van der Waals surface area contributed by atoms with Gasteiger partial charge in [0.25, 0.3) is 9.70 Å². The monoisotopic (exact) mass is 487 g/mol. The van der Waals surface area contributed by atoms with E-state index in [4.69, 9.17) is 53.4 Å². The number of ether oxygens (including phenoxy) is 3. The molecule has 3 aliphatic rings. The topological polar surface area (TPSA) is 86.4 Å². The van der Waals surface area contributed by atoms with Gasteiger partial charge in [-0.1, -0.05) is 34.8 Å². The average molecular weight is 489 g/mol. The molecule has 2 heterocycles. The van der Waals surface area contributed by atoms with Crippen LogP contribution in [0.2, 0.25) is 19.6 Å². The third-order valence-electron chi connectivity index (χ3n) is 5.71. The summed E-state index contributed by atoms with van der Waals surface area (Å²) in [6.07, 6.45) is -0.369. The van der Waals surface area contributed by atoms with Crippen LogP contribution in [0.4, 0.5) is 0 Å². The number of fused-ring (bicyclic) bond motifs is 1. The minimum atomic E-state index is -2.22. The lowest BCUT2D eigenvalue weighted by Gasteiger charge is -2.47. The predicted molar refractivity (Wildman–Crippen MR) is 112 cm³/mol. The van der Waals surface area contributed by atoms with E-state index >= 15 is 0 Å². The van der Waals surface area contributed by atoms with Gasteiger partial charge in [-0.05, 0) is 40.4 Å². The zero-order valence-corrected chi connectivity index (χ0v) is 20.7. The van der Waals surface area contributed by atoms with Gasteiger partial charge in [0.05, 0.1) is 24.9 Å². The molecular weight excluding hydrogens is 461 g/mol. The fraction of sp³-hybridized carbons (Fsp3) is 0.889. The summed E-state index contributed by atoms with van der Waals surface area (Å²) in [4.78, 5) is 25.1. The van der Waals surface area contributed by atoms with E-state index < -0.39 is 53.1 Å². The van der Waals surface area contributed by atoms with Crippen LogP contribution in [-0.4, -0.2) is 66.1 Å². The molecule has 0 aromatic heterocycles. The maximum absolute atomic E-state index is 12.6. The fourth-order valence-electron chi connectivity index (χ4n) is 4.42. The van der Waals surface area contributed by atoms with Crippen molar-refractivity contribution < 1.29 is 28.2 Å². The lowest BCUT2D eigenvalue weighted by molar-refractivity contribution is -0.156. The first-order valence-electron chi connectivity index (χ1n) is 9.56. The smallest absolute Gasteiger partial charge is 0.272 e. The Labute approximate surface area is 187 Å². The van der Waals surface area contributed by atoms with Crippen LogP contribution in [0.5, 0.6) is 0 Å². The number of hydrogen-bond donors (Lipinski definition) is 1. The lowest BCUT2D eigenvalue weighted by Crippen LogP contribution is -2.68. The highest BCUT2D eigenvalue weighted by Crippen LogP contribution is 2.57. The molecule has 6 atom stereocenters. The molecule has 166 valence electrons. The second-order valence-electron chi connectivity index (χ2n) is 9.65. The SMILES string of the molecule is CC1(C)OC[C@H]([C@H]2[C@@H]3O[C@]3(C)[C@@H](O[Si](C)(C)C)C[C@]2(C=O)NC(=O)C(Cl)(Cl)Cl)O1. The quantitative estimate of drug-likeness (QED) is 0.277. The Morgan fingerprint density at radius 1 is 1.21 bits per heavy atom. The molecule has 7 nitrogen and oxygen atoms in total. The van der Waals surface area contributed by atoms with E-state index in [1.54, 1.807) is 13.8 Å². The van der Waals surface area contributed by atoms with Gasteiger partial charge in [-0.15, -0.1) is 0 Å². The predicted octanol–water partition coefficient (Wildman–Crippen LogP) is 2.96. The average Bonchev–Trinajstić information content (AvgIpc) is 3.10. The van der Waals surface area contributed by atoms with Gasteiger partial charge >= 0.3 is 0 Å². The molecule has 0 spiro atoms. The Bertz CT molecular complexity index is 696. The Kier molecular flexibility index (Phi) is 5.97. The van der Waals surface area contributed by atoms with Crippen molar-refractivity contribution >= 4 is 55.3 Å². The molecule has 1 saturated carbocycles. The van der Waals surface area contributed by atoms with E-state index in [1.807, 2.05) is 6.92 Å². The van der Waals surface area contributed by atoms with E-state index in [2.05, 4.69) is 25.0 Å². The largest absolute Gasteiger partial charge is 0.412 e. The molecule has 1 N–H and O–H groups in total. The summed E-state index contributed by atoms with van der Waals surface area (Å²) >= 11 is 17.3. The first-order chi connectivity index (χ1) is 13.0. The van der Waals surface area contributed by atoms with Gasteiger partial charge in [-0.25, -0.2) is 0 Å². The Morgan fingerprint density at radius 2 is 1.83 bits per heavy atom. The number of carbonyl (C=O) groups excluding carboxylic acids is 2. The number of aldehydes is 1. The van der Waals surface area contributed by atoms with Crippen molar-refractivity contribution in [2.45, 2.75) is 85.9 Å². The van der Waals surface area contributed by atoms with Crippen molar-refractivity contribution in [1.29, 1.82) is 0 Å². The van der Waals surface area contributed by atoms with Crippen molar-refractivity contribution in [2.24, 2.45) is 5.92 Å². The number of epoxide rings is 1. The Hall–Kier alpha value is 0.0669. The van der Waals surface area contributed by atoms with Crippen LogP contribution in [0, 0.1) is 5.92 Å². The number of alkyl halides is 3. The number of rotatable bonds is 5. The van der Waals surface area contributed by atoms with Crippen LogP contribution in [0.25, 0.3) is 0 Å². The molecule has 2 aliphatic heterocycles. The zero-order valence-electron chi connectivity index (χ0n) is 17.4. The van der Waals surface area contributed by atoms with Crippen LogP contribution in [0.1, 0.15) is 27.2 Å². The summed E-state index contributed by atoms with van der Waals surface area (Å²) in [5, 5.41) is 2.68. The first-order valence-corrected chi connectivity index (χ1v) is 14.1. The molecule has 3 fully saturated rings. The van der Waals surface area contributed by atoms with Crippen molar-refractivity contribution in [3.63, 3.8) is 0 Å². The number of amides is 1. The van der Waals surface area contributed by atoms with Crippen LogP contribution in [0.15, 0.2) is 0 Å². The third kappa shape index (κ3) is 4.65. The number of halogens is 3. The van der Waals surface area contributed by atoms with E-state index in [1.165, 1.54) is 0 Å². The van der Waals surface area contributed by atoms with Gasteiger partial charge in [0, 0.05) is 12.3 Å². The maximum Gasteiger partial charge on any atom is 0.272 e. The summed E-state index contributed by atoms with van der Waals surface area (Å²) in [5.74, 6) is -2.21. The molecule has 11 heteroatoms. The van der Waals surface area contributed by atoms with E-state index in [9.17, 15) is 9.59 Å². The van der Waals surface area contributed by atoms with Gasteiger partial charge in [-0.3, -0.25) is 4.79 Å². The molecule has 2 saturated heterocycles. The molecule has 3 rings (SSSR count). The lowest BCUT2D eigenvalue weighted by atomic mass is 9.66. The van der Waals surface area contributed by atoms with Crippen molar-refractivity contribution in [2.75, 3.05) is 6.61 Å². The normalized spacial score (nSPS) is 41.6. The maximum atomic E-state index is 12.6. The molecule has 0 unspecified atom stereocenters. The van der Waals surface area contributed by atoms with Crippen LogP contribution in [0.3, 0.4) is 0 Å². The fourth-order valence-corrected chi connectivity index (χ4v) is 5.73. The van der Waals surface area contributed by atoms with E-state index in [0.717, 1.165) is 0 Å². The minimum absolute atomic E-state index is 0.186. The van der Waals surface area contributed by atoms with Crippen LogP contribution in [-0.2, 0) is 28.2 Å². The van der Waals surface area contributed by atoms with Gasteiger partial charge in [-0.2, -0.15) is 0 Å². The van der Waals surface area contributed by atoms with Crippen molar-refractivity contribution in [3.8, 4) is 0 Å². The van der Waals surface area contributed by atoms with Gasteiger partial charge < -0.3 is 28.7 Å². The van der Waals surface area contributed by atoms with Crippen LogP contribution < -0.4 is 5.32 Å². The molecule has 1 amide bonds. The van der Waals surface area contributed by atoms with Gasteiger partial charge in [0.1, 0.15) is 17.4 Å². The molecule has 0 radical (unpaired) electrons. The zero-order chi connectivity index (χ0) is 22.0. The van der Waals surface area contributed by atoms with E-state index in [0.29, 0.717) is 6.29 Å². The standard InChI is InChI=1S/C18H28Cl3NO6Si/c1-15(2)25-8-10(26-15)12-13-16(3,27-13)11(28-29(4,5)6)7-17(12,9-23)22-14(24)18(19,20)21/h9-13H,7-8H2,1-6H3,(H,22,24)/t10-,11+,12+,13+,16-,17-/m1/s1. The van der Waals surface area contributed by atoms with Gasteiger partial charge in [0.2, 0.25) is 0 Å². The number of carbonyl (C=O) groups is 2. The minimum Gasteiger partial charge on any atom is -0.412 e. The number of nitrogens with one attached hydrogen (secondary N) is 1. The van der Waals surface area contributed by atoms with Crippen molar-refractivity contribution in [1.82, 2.24) is 5.32 Å². The van der Waals surface area contributed by atoms with Crippen LogP contribution >= 0.6 is 34.8 Å². The highest BCUT2D eigenvalue weighted by Gasteiger charge is 2.73. The Balaban J connectivity index is 1.99. The number of hydrogen-bond acceptors (Lipinski definition) is 6. The second-order valence-corrected chi connectivity index (χ2v) is 16.4. The molecule has 0 bridgehead atoms. The highest BCUT2D eigenvalue weighted by molar-refractivity contribution is 6.76. The molecule has 1 aliphatic carbocycles. The summed E-state index contributed by atoms with van der Waals surface area (Å²) in [7, 11) is -1.98. The molecule has 0 aromatic carbocycles. The summed E-state index contributed by atoms with van der Waals surface area (Å²) < 4.78 is 22.0. The van der Waals surface area contributed by atoms with Crippen molar-refractivity contribution in [3.05, 3.63) is 0 Å². The summed E-state index contributed by atoms with van der Waals surface area (Å²) in [6.45, 7) is 12.0. The summed E-state index contributed by atoms with van der Waals surface area (Å²) in [6, 6.07) is 0. The molecule has 0 aromatic rings. The molecular formula is C18H28Cl3NO6Si.